The van der Waals surface area contributed by atoms with Gasteiger partial charge < -0.3 is 19.4 Å². The van der Waals surface area contributed by atoms with Crippen molar-refractivity contribution in [1.82, 2.24) is 14.9 Å². The maximum atomic E-state index is 12.8. The summed E-state index contributed by atoms with van der Waals surface area (Å²) in [7, 11) is 0. The Morgan fingerprint density at radius 3 is 2.48 bits per heavy atom. The number of nitrogens with zero attached hydrogens (tertiary/aromatic N) is 2. The maximum absolute atomic E-state index is 12.8. The molecule has 0 bridgehead atoms. The Bertz CT molecular complexity index is 818. The number of ether oxygens (including phenoxy) is 2. The molecule has 2 aromatic rings. The molecule has 7 heteroatoms. The molecule has 0 radical (unpaired) electrons. The molecule has 25 heavy (non-hydrogen) atoms. The van der Waals surface area contributed by atoms with E-state index >= 15 is 0 Å². The van der Waals surface area contributed by atoms with Gasteiger partial charge in [-0.05, 0) is 6.07 Å². The van der Waals surface area contributed by atoms with Gasteiger partial charge in [-0.2, -0.15) is 4.98 Å². The molecule has 2 aliphatic heterocycles. The van der Waals surface area contributed by atoms with E-state index in [-0.39, 0.29) is 11.6 Å². The summed E-state index contributed by atoms with van der Waals surface area (Å²) >= 11 is 0. The van der Waals surface area contributed by atoms with E-state index in [1.54, 1.807) is 11.0 Å². The van der Waals surface area contributed by atoms with E-state index in [1.807, 2.05) is 30.3 Å². The summed E-state index contributed by atoms with van der Waals surface area (Å²) in [6, 6.07) is 11.0. The van der Waals surface area contributed by atoms with Gasteiger partial charge in [0.15, 0.2) is 5.79 Å². The zero-order valence-corrected chi connectivity index (χ0v) is 13.7. The average Bonchev–Trinajstić information content (AvgIpc) is 3.10. The van der Waals surface area contributed by atoms with Crippen LogP contribution in [0.5, 0.6) is 0 Å². The smallest absolute Gasteiger partial charge is 0.346 e. The van der Waals surface area contributed by atoms with Gasteiger partial charge in [-0.1, -0.05) is 30.3 Å². The lowest BCUT2D eigenvalue weighted by Gasteiger charge is -2.37. The summed E-state index contributed by atoms with van der Waals surface area (Å²) in [5.41, 5.74) is 1.01. The van der Waals surface area contributed by atoms with E-state index in [0.29, 0.717) is 44.8 Å². The highest BCUT2D eigenvalue weighted by molar-refractivity contribution is 5.93. The summed E-state index contributed by atoms with van der Waals surface area (Å²) in [5, 5.41) is 0. The van der Waals surface area contributed by atoms with Gasteiger partial charge in [-0.3, -0.25) is 4.79 Å². The molecule has 1 aromatic carbocycles. The first kappa shape index (κ1) is 16.0. The lowest BCUT2D eigenvalue weighted by Crippen LogP contribution is -2.47. The van der Waals surface area contributed by atoms with Crippen LogP contribution in [0.4, 0.5) is 0 Å². The molecular weight excluding hydrogens is 322 g/mol. The van der Waals surface area contributed by atoms with Crippen molar-refractivity contribution in [3.63, 3.8) is 0 Å². The molecule has 0 aliphatic carbocycles. The van der Waals surface area contributed by atoms with Crippen LogP contribution in [-0.4, -0.2) is 52.9 Å². The minimum atomic E-state index is -0.530. The summed E-state index contributed by atoms with van der Waals surface area (Å²) in [5.74, 6) is -0.734. The highest BCUT2D eigenvalue weighted by atomic mass is 16.7. The van der Waals surface area contributed by atoms with Crippen molar-refractivity contribution in [2.45, 2.75) is 18.6 Å². The van der Waals surface area contributed by atoms with Crippen molar-refractivity contribution < 1.29 is 14.3 Å². The van der Waals surface area contributed by atoms with Gasteiger partial charge in [0.05, 0.1) is 18.9 Å². The second-order valence-electron chi connectivity index (χ2n) is 6.25. The molecule has 1 N–H and O–H groups in total. The normalized spacial score (nSPS) is 19.3. The predicted octanol–water partition coefficient (Wildman–Crippen LogP) is 1.42. The second-order valence-corrected chi connectivity index (χ2v) is 6.25. The van der Waals surface area contributed by atoms with E-state index in [9.17, 15) is 9.59 Å². The van der Waals surface area contributed by atoms with Gasteiger partial charge in [0, 0.05) is 31.5 Å². The Balaban J connectivity index is 1.54. The number of nitrogens with one attached hydrogen (secondary N) is 1. The zero-order chi connectivity index (χ0) is 17.3. The Labute approximate surface area is 144 Å². The maximum Gasteiger partial charge on any atom is 0.346 e. The molecule has 2 aliphatic rings. The number of hydrogen-bond acceptors (Lipinski definition) is 5. The lowest BCUT2D eigenvalue weighted by atomic mass is 10.0. The first-order valence-electron chi connectivity index (χ1n) is 8.39. The number of hydrogen-bond donors (Lipinski definition) is 1. The zero-order valence-electron chi connectivity index (χ0n) is 13.7. The van der Waals surface area contributed by atoms with Gasteiger partial charge in [0.1, 0.15) is 5.69 Å². The fraction of sp³-hybridized carbons (Fsp3) is 0.389. The van der Waals surface area contributed by atoms with Crippen molar-refractivity contribution >= 4 is 5.91 Å². The van der Waals surface area contributed by atoms with E-state index in [0.717, 1.165) is 5.56 Å². The Hall–Kier alpha value is -2.51. The van der Waals surface area contributed by atoms with E-state index in [1.165, 1.54) is 0 Å². The number of rotatable bonds is 2. The summed E-state index contributed by atoms with van der Waals surface area (Å²) in [6.45, 7) is 2.27. The molecule has 7 nitrogen and oxygen atoms in total. The molecule has 130 valence electrons. The quantitative estimate of drug-likeness (QED) is 0.893. The third-order valence-electron chi connectivity index (χ3n) is 4.67. The van der Waals surface area contributed by atoms with Gasteiger partial charge in [-0.25, -0.2) is 4.79 Å². The number of piperidine rings is 1. The number of carbonyl (C=O) groups excluding carboxylic acids is 1. The molecule has 0 saturated carbocycles. The second kappa shape index (κ2) is 6.42. The van der Waals surface area contributed by atoms with E-state index in [4.69, 9.17) is 9.47 Å². The van der Waals surface area contributed by atoms with Gasteiger partial charge in [0.2, 0.25) is 0 Å². The summed E-state index contributed by atoms with van der Waals surface area (Å²) in [6.07, 6.45) is 1.28. The molecule has 1 amide bonds. The van der Waals surface area contributed by atoms with Crippen LogP contribution < -0.4 is 5.69 Å². The van der Waals surface area contributed by atoms with E-state index < -0.39 is 11.5 Å². The van der Waals surface area contributed by atoms with Crippen molar-refractivity contribution in [1.29, 1.82) is 0 Å². The summed E-state index contributed by atoms with van der Waals surface area (Å²) in [4.78, 5) is 32.9. The van der Waals surface area contributed by atoms with Crippen LogP contribution >= 0.6 is 0 Å². The number of likely N-dealkylation sites (tertiary alicyclic amines) is 1. The number of amides is 1. The molecule has 1 aromatic heterocycles. The minimum Gasteiger partial charge on any atom is -0.347 e. The number of aromatic amines is 1. The molecule has 0 atom stereocenters. The van der Waals surface area contributed by atoms with Crippen molar-refractivity contribution in [2.75, 3.05) is 26.3 Å². The fourth-order valence-corrected chi connectivity index (χ4v) is 3.34. The molecule has 3 heterocycles. The van der Waals surface area contributed by atoms with Crippen LogP contribution in [0, 0.1) is 0 Å². The monoisotopic (exact) mass is 341 g/mol. The topological polar surface area (TPSA) is 84.5 Å². The first-order chi connectivity index (χ1) is 12.2. The van der Waals surface area contributed by atoms with Gasteiger partial charge in [-0.15, -0.1) is 0 Å². The Morgan fingerprint density at radius 2 is 1.80 bits per heavy atom. The van der Waals surface area contributed by atoms with Crippen LogP contribution in [0.25, 0.3) is 11.3 Å². The van der Waals surface area contributed by atoms with Crippen LogP contribution in [-0.2, 0) is 9.47 Å². The molecule has 1 spiro atoms. The third-order valence-corrected chi connectivity index (χ3v) is 4.67. The largest absolute Gasteiger partial charge is 0.347 e. The van der Waals surface area contributed by atoms with Crippen LogP contribution in [0.15, 0.2) is 41.2 Å². The number of aromatic nitrogens is 2. The van der Waals surface area contributed by atoms with E-state index in [2.05, 4.69) is 9.97 Å². The fourth-order valence-electron chi connectivity index (χ4n) is 3.34. The molecule has 4 rings (SSSR count). The van der Waals surface area contributed by atoms with Crippen LogP contribution in [0.1, 0.15) is 23.3 Å². The highest BCUT2D eigenvalue weighted by Gasteiger charge is 2.41. The SMILES string of the molecule is O=C(c1cc(-c2ccccc2)nc(=O)[nH]1)N1CCC2(CC1)OCCO2. The highest BCUT2D eigenvalue weighted by Crippen LogP contribution is 2.31. The van der Waals surface area contributed by atoms with Crippen molar-refractivity contribution in [2.24, 2.45) is 0 Å². The summed E-state index contributed by atoms with van der Waals surface area (Å²) < 4.78 is 11.4. The van der Waals surface area contributed by atoms with Crippen LogP contribution in [0.3, 0.4) is 0 Å². The predicted molar refractivity (Wildman–Crippen MR) is 90.1 cm³/mol. The molecule has 2 fully saturated rings. The van der Waals surface area contributed by atoms with Crippen molar-refractivity contribution in [3.8, 4) is 11.3 Å². The number of benzene rings is 1. The Morgan fingerprint density at radius 1 is 1.12 bits per heavy atom. The lowest BCUT2D eigenvalue weighted by molar-refractivity contribution is -0.181. The molecule has 2 saturated heterocycles. The van der Waals surface area contributed by atoms with Crippen LogP contribution in [0.2, 0.25) is 0 Å². The number of carbonyl (C=O) groups is 1. The van der Waals surface area contributed by atoms with Gasteiger partial charge >= 0.3 is 5.69 Å². The molecule has 0 unspecified atom stereocenters. The Kier molecular flexibility index (Phi) is 4.10. The number of H-pyrrole nitrogens is 1. The van der Waals surface area contributed by atoms with Gasteiger partial charge in [0.25, 0.3) is 5.91 Å². The van der Waals surface area contributed by atoms with Crippen molar-refractivity contribution in [3.05, 3.63) is 52.6 Å². The third kappa shape index (κ3) is 3.20. The average molecular weight is 341 g/mol. The standard InChI is InChI=1S/C18H19N3O4/c22-16(21-8-6-18(7-9-21)24-10-11-25-18)15-12-14(19-17(23)20-15)13-4-2-1-3-5-13/h1-5,12H,6-11H2,(H,19,20,23). The first-order valence-corrected chi connectivity index (χ1v) is 8.39. The molecular formula is C18H19N3O4. The minimum absolute atomic E-state index is 0.204.